The quantitative estimate of drug-likeness (QED) is 0.693. The number of esters is 1. The van der Waals surface area contributed by atoms with Gasteiger partial charge in [-0.25, -0.2) is 9.78 Å². The van der Waals surface area contributed by atoms with Crippen LogP contribution in [0.4, 0.5) is 0 Å². The van der Waals surface area contributed by atoms with Crippen LogP contribution in [0.1, 0.15) is 72.9 Å². The molecule has 0 saturated carbocycles. The number of ether oxygens (including phenoxy) is 1. The first-order valence-corrected chi connectivity index (χ1v) is 11.8. The Bertz CT molecular complexity index is 1030. The minimum absolute atomic E-state index is 0.0696. The standard InChI is InChI=1S/C22H29N3O4S/c1-3-15-9-6-8-11-24(15)17(26)13-29-22(28)19-14(2)18-20(30-19)23-16-10-5-4-7-12-25(16)21(18)27/h15H,3-13H2,1-2H3. The number of piperidine rings is 1. The van der Waals surface area contributed by atoms with Gasteiger partial charge in [-0.1, -0.05) is 13.3 Å². The van der Waals surface area contributed by atoms with E-state index < -0.39 is 5.97 Å². The van der Waals surface area contributed by atoms with E-state index in [4.69, 9.17) is 4.74 Å². The predicted molar refractivity (Wildman–Crippen MR) is 116 cm³/mol. The molecule has 4 rings (SSSR count). The summed E-state index contributed by atoms with van der Waals surface area (Å²) in [5, 5.41) is 0.506. The van der Waals surface area contributed by atoms with Gasteiger partial charge in [0, 0.05) is 25.6 Å². The van der Waals surface area contributed by atoms with Crippen LogP contribution < -0.4 is 5.56 Å². The average molecular weight is 432 g/mol. The highest BCUT2D eigenvalue weighted by atomic mass is 32.1. The molecule has 30 heavy (non-hydrogen) atoms. The molecule has 2 aromatic rings. The van der Waals surface area contributed by atoms with Gasteiger partial charge in [0.1, 0.15) is 15.5 Å². The Labute approximate surface area is 180 Å². The highest BCUT2D eigenvalue weighted by Crippen LogP contribution is 2.29. The monoisotopic (exact) mass is 431 g/mol. The summed E-state index contributed by atoms with van der Waals surface area (Å²) in [6.45, 7) is 4.99. The number of amides is 1. The van der Waals surface area contributed by atoms with Crippen molar-refractivity contribution < 1.29 is 14.3 Å². The van der Waals surface area contributed by atoms with Gasteiger partial charge in [-0.15, -0.1) is 11.3 Å². The molecule has 0 N–H and O–H groups in total. The lowest BCUT2D eigenvalue weighted by atomic mass is 10.00. The van der Waals surface area contributed by atoms with Gasteiger partial charge in [-0.2, -0.15) is 0 Å². The zero-order valence-electron chi connectivity index (χ0n) is 17.7. The van der Waals surface area contributed by atoms with E-state index in [2.05, 4.69) is 11.9 Å². The van der Waals surface area contributed by atoms with Crippen molar-refractivity contribution >= 4 is 33.4 Å². The van der Waals surface area contributed by atoms with Crippen LogP contribution in [0, 0.1) is 6.92 Å². The van der Waals surface area contributed by atoms with Crippen molar-refractivity contribution in [2.75, 3.05) is 13.2 Å². The molecule has 162 valence electrons. The lowest BCUT2D eigenvalue weighted by Crippen LogP contribution is -2.45. The van der Waals surface area contributed by atoms with Gasteiger partial charge in [0.05, 0.1) is 5.39 Å². The molecule has 1 amide bonds. The number of rotatable bonds is 4. The smallest absolute Gasteiger partial charge is 0.349 e. The van der Waals surface area contributed by atoms with E-state index in [1.54, 1.807) is 11.5 Å². The lowest BCUT2D eigenvalue weighted by molar-refractivity contribution is -0.138. The van der Waals surface area contributed by atoms with Crippen molar-refractivity contribution in [1.82, 2.24) is 14.5 Å². The van der Waals surface area contributed by atoms with Gasteiger partial charge in [0.15, 0.2) is 6.61 Å². The van der Waals surface area contributed by atoms with Crippen molar-refractivity contribution in [1.29, 1.82) is 0 Å². The van der Waals surface area contributed by atoms with Gasteiger partial charge < -0.3 is 9.64 Å². The minimum atomic E-state index is -0.548. The molecule has 0 spiro atoms. The van der Waals surface area contributed by atoms with E-state index in [-0.39, 0.29) is 24.1 Å². The van der Waals surface area contributed by atoms with Gasteiger partial charge in [0.25, 0.3) is 11.5 Å². The summed E-state index contributed by atoms with van der Waals surface area (Å²) in [6.07, 6.45) is 7.91. The number of carbonyl (C=O) groups is 2. The second-order valence-electron chi connectivity index (χ2n) is 8.25. The molecule has 2 aromatic heterocycles. The number of nitrogens with zero attached hydrogens (tertiary/aromatic N) is 3. The molecular formula is C22H29N3O4S. The summed E-state index contributed by atoms with van der Waals surface area (Å²) in [5.41, 5.74) is 0.536. The molecule has 0 aliphatic carbocycles. The highest BCUT2D eigenvalue weighted by Gasteiger charge is 2.27. The number of hydrogen-bond donors (Lipinski definition) is 0. The Hall–Kier alpha value is -2.22. The van der Waals surface area contributed by atoms with Crippen molar-refractivity contribution in [3.05, 3.63) is 26.6 Å². The van der Waals surface area contributed by atoms with Crippen molar-refractivity contribution in [3.63, 3.8) is 0 Å². The Balaban J connectivity index is 1.54. The third-order valence-electron chi connectivity index (χ3n) is 6.34. The zero-order chi connectivity index (χ0) is 21.3. The molecular weight excluding hydrogens is 402 g/mol. The number of thiophene rings is 1. The summed E-state index contributed by atoms with van der Waals surface area (Å²) in [4.78, 5) is 45.9. The maximum absolute atomic E-state index is 13.0. The maximum Gasteiger partial charge on any atom is 0.349 e. The highest BCUT2D eigenvalue weighted by molar-refractivity contribution is 7.20. The fraction of sp³-hybridized carbons (Fsp3) is 0.636. The molecule has 2 aliphatic rings. The fourth-order valence-electron chi connectivity index (χ4n) is 4.63. The van der Waals surface area contributed by atoms with E-state index >= 15 is 0 Å². The molecule has 0 radical (unpaired) electrons. The zero-order valence-corrected chi connectivity index (χ0v) is 18.6. The lowest BCUT2D eigenvalue weighted by Gasteiger charge is -2.35. The summed E-state index contributed by atoms with van der Waals surface area (Å²) < 4.78 is 7.13. The van der Waals surface area contributed by atoms with Crippen LogP contribution in [0.2, 0.25) is 0 Å². The Morgan fingerprint density at radius 2 is 1.97 bits per heavy atom. The van der Waals surface area contributed by atoms with Crippen molar-refractivity contribution in [2.45, 2.75) is 77.8 Å². The van der Waals surface area contributed by atoms with Crippen LogP contribution in [0.3, 0.4) is 0 Å². The summed E-state index contributed by atoms with van der Waals surface area (Å²) >= 11 is 1.19. The van der Waals surface area contributed by atoms with Crippen LogP contribution >= 0.6 is 11.3 Å². The van der Waals surface area contributed by atoms with Gasteiger partial charge >= 0.3 is 5.97 Å². The van der Waals surface area contributed by atoms with Crippen LogP contribution in [-0.2, 0) is 22.5 Å². The molecule has 0 aromatic carbocycles. The van der Waals surface area contributed by atoms with Crippen LogP contribution in [0.25, 0.3) is 10.2 Å². The summed E-state index contributed by atoms with van der Waals surface area (Å²) in [7, 11) is 0. The molecule has 7 nitrogen and oxygen atoms in total. The van der Waals surface area contributed by atoms with Crippen LogP contribution in [0.5, 0.6) is 0 Å². The second kappa shape index (κ2) is 8.88. The number of aromatic nitrogens is 2. The first kappa shape index (κ1) is 21.0. The SMILES string of the molecule is CCC1CCCCN1C(=O)COC(=O)c1sc2nc3n(c(=O)c2c1C)CCCCC3. The number of likely N-dealkylation sites (tertiary alicyclic amines) is 1. The third kappa shape index (κ3) is 3.89. The van der Waals surface area contributed by atoms with Gasteiger partial charge in [0.2, 0.25) is 0 Å². The van der Waals surface area contributed by atoms with E-state index in [9.17, 15) is 14.4 Å². The summed E-state index contributed by atoms with van der Waals surface area (Å²) in [6, 6.07) is 0.232. The number of aryl methyl sites for hydroxylation is 2. The fourth-order valence-corrected chi connectivity index (χ4v) is 5.72. The predicted octanol–water partition coefficient (Wildman–Crippen LogP) is 3.44. The normalized spacial score (nSPS) is 19.4. The molecule has 2 aliphatic heterocycles. The largest absolute Gasteiger partial charge is 0.451 e. The van der Waals surface area contributed by atoms with Gasteiger partial charge in [-0.05, 0) is 51.0 Å². The number of carbonyl (C=O) groups excluding carboxylic acids is 2. The van der Waals surface area contributed by atoms with E-state index in [0.717, 1.165) is 63.7 Å². The first-order valence-electron chi connectivity index (χ1n) is 11.0. The number of hydrogen-bond acceptors (Lipinski definition) is 6. The molecule has 0 bridgehead atoms. The van der Waals surface area contributed by atoms with Crippen LogP contribution in [-0.4, -0.2) is 45.5 Å². The first-order chi connectivity index (χ1) is 14.5. The Morgan fingerprint density at radius 3 is 2.77 bits per heavy atom. The van der Waals surface area contributed by atoms with E-state index in [1.807, 2.05) is 4.90 Å². The molecule has 1 fully saturated rings. The Kier molecular flexibility index (Phi) is 6.22. The minimum Gasteiger partial charge on any atom is -0.451 e. The molecule has 8 heteroatoms. The molecule has 4 heterocycles. The number of fused-ring (bicyclic) bond motifs is 2. The van der Waals surface area contributed by atoms with Crippen molar-refractivity contribution in [3.8, 4) is 0 Å². The molecule has 1 saturated heterocycles. The third-order valence-corrected chi connectivity index (χ3v) is 7.51. The van der Waals surface area contributed by atoms with Crippen molar-refractivity contribution in [2.24, 2.45) is 0 Å². The Morgan fingerprint density at radius 1 is 1.17 bits per heavy atom. The van der Waals surface area contributed by atoms with Crippen LogP contribution in [0.15, 0.2) is 4.79 Å². The molecule has 1 atom stereocenters. The van der Waals surface area contributed by atoms with Gasteiger partial charge in [-0.3, -0.25) is 14.2 Å². The topological polar surface area (TPSA) is 81.5 Å². The van der Waals surface area contributed by atoms with E-state index in [1.165, 1.54) is 11.3 Å². The molecule has 1 unspecified atom stereocenters. The second-order valence-corrected chi connectivity index (χ2v) is 9.25. The maximum atomic E-state index is 13.0. The van der Waals surface area contributed by atoms with E-state index in [0.29, 0.717) is 27.2 Å². The summed E-state index contributed by atoms with van der Waals surface area (Å²) in [5.74, 6) is 0.115. The average Bonchev–Trinajstić information content (AvgIpc) is 2.92.